The minimum absolute atomic E-state index is 0.0109. The van der Waals surface area contributed by atoms with Gasteiger partial charge in [0.15, 0.2) is 0 Å². The molecule has 2 heterocycles. The van der Waals surface area contributed by atoms with Crippen molar-refractivity contribution in [3.63, 3.8) is 0 Å². The van der Waals surface area contributed by atoms with Crippen molar-refractivity contribution >= 4 is 90.2 Å². The summed E-state index contributed by atoms with van der Waals surface area (Å²) in [6.07, 6.45) is -4.02. The third-order valence-electron chi connectivity index (χ3n) is 19.5. The molecule has 2 saturated carbocycles. The van der Waals surface area contributed by atoms with Crippen LogP contribution in [0.15, 0.2) is 168 Å². The fourth-order valence-electron chi connectivity index (χ4n) is 14.1. The van der Waals surface area contributed by atoms with Gasteiger partial charge in [-0.05, 0) is 174 Å². The van der Waals surface area contributed by atoms with Crippen LogP contribution >= 0.6 is 23.2 Å². The fraction of sp³-hybridized carbons (Fsp3) is 0.364. The summed E-state index contributed by atoms with van der Waals surface area (Å²) in [6, 6.07) is 27.0. The van der Waals surface area contributed by atoms with Gasteiger partial charge in [0.05, 0.1) is 84.9 Å². The van der Waals surface area contributed by atoms with E-state index in [0.29, 0.717) is 61.2 Å². The van der Waals surface area contributed by atoms with Crippen LogP contribution in [0, 0.1) is 23.5 Å². The molecular formula is C77H81Cl2F11N10O12S2. The topological polar surface area (TPSA) is 274 Å². The molecule has 6 aromatic carbocycles. The Morgan fingerprint density at radius 3 is 1.54 bits per heavy atom. The monoisotopic (exact) mass is 1680 g/mol. The van der Waals surface area contributed by atoms with Crippen LogP contribution in [-0.2, 0) is 69.0 Å². The number of hydrogen-bond donors (Lipinski definition) is 4. The molecule has 0 saturated heterocycles. The lowest BCUT2D eigenvalue weighted by Crippen LogP contribution is -2.47. The number of nitrogens with zero attached hydrogens (tertiary/aromatic N) is 7. The van der Waals surface area contributed by atoms with Crippen molar-refractivity contribution in [1.82, 2.24) is 29.7 Å². The second kappa shape index (κ2) is 38.9. The minimum Gasteiger partial charge on any atom is -0.497 e. The molecule has 614 valence electrons. The number of anilines is 4. The summed E-state index contributed by atoms with van der Waals surface area (Å²) >= 11 is 13.0. The Morgan fingerprint density at radius 2 is 1.07 bits per heavy atom. The SMILES string of the molecule is CN(C)[C@H]1C[C@@H](c2ccccc2C(F)(F)F)CC[C@@H]1Nc1cc(F)c(S(=O)(=O)Nc2ccncn2)cc1Cl.COC(=O)[C@H]1CC=C(c2ccccc2C(F)(F)F)C[C@@H]1C(=O)OC.COc1ccc(CN(c2ccncn2)S(=O)(=O)c2cc(Cl)c(N[C@H]3CC[C@H](c4ccccc4C(F)(F)F)C[C@@H]3N(C)C)cc2F)c(OC)c1.O=CO. The number of carbonyl (C=O) groups excluding carboxylic acids is 2. The predicted molar refractivity (Wildman–Crippen MR) is 405 cm³/mol. The number of aromatic nitrogens is 4. The highest BCUT2D eigenvalue weighted by Crippen LogP contribution is 2.47. The van der Waals surface area contributed by atoms with Crippen LogP contribution in [0.3, 0.4) is 0 Å². The van der Waals surface area contributed by atoms with Crippen molar-refractivity contribution in [2.24, 2.45) is 11.8 Å². The molecule has 0 amide bonds. The summed E-state index contributed by atoms with van der Waals surface area (Å²) in [7, 11) is 3.68. The highest BCUT2D eigenvalue weighted by molar-refractivity contribution is 7.93. The minimum atomic E-state index is -4.61. The summed E-state index contributed by atoms with van der Waals surface area (Å²) < 4.78 is 230. The molecule has 2 fully saturated rings. The Labute approximate surface area is 661 Å². The first kappa shape index (κ1) is 89.6. The number of allylic oxidation sites excluding steroid dienone is 2. The van der Waals surface area contributed by atoms with E-state index in [1.807, 2.05) is 38.0 Å². The average Bonchev–Trinajstić information content (AvgIpc) is 0.778. The van der Waals surface area contributed by atoms with E-state index in [-0.39, 0.29) is 112 Å². The highest BCUT2D eigenvalue weighted by Gasteiger charge is 2.44. The molecule has 37 heteroatoms. The molecule has 0 spiro atoms. The van der Waals surface area contributed by atoms with Gasteiger partial charge in [0.2, 0.25) is 0 Å². The Bertz CT molecular complexity index is 4910. The molecule has 4 N–H and O–H groups in total. The maximum absolute atomic E-state index is 15.9. The number of carboxylic acid groups (broad SMARTS) is 1. The number of carbonyl (C=O) groups is 3. The van der Waals surface area contributed by atoms with Crippen LogP contribution in [-0.4, -0.2) is 151 Å². The number of benzene rings is 6. The molecule has 3 aliphatic carbocycles. The number of rotatable bonds is 21. The summed E-state index contributed by atoms with van der Waals surface area (Å²) in [5.41, 5.74) is -0.334. The van der Waals surface area contributed by atoms with Gasteiger partial charge in [0.25, 0.3) is 26.5 Å². The summed E-state index contributed by atoms with van der Waals surface area (Å²) in [5, 5.41) is 13.3. The molecule has 11 rings (SSSR count). The van der Waals surface area contributed by atoms with Crippen molar-refractivity contribution in [3.8, 4) is 11.5 Å². The summed E-state index contributed by atoms with van der Waals surface area (Å²) in [5.74, 6) is -4.79. The lowest BCUT2D eigenvalue weighted by atomic mass is 9.76. The number of halogens is 13. The quantitative estimate of drug-likeness (QED) is 0.0296. The van der Waals surface area contributed by atoms with E-state index in [0.717, 1.165) is 53.1 Å². The number of alkyl halides is 9. The van der Waals surface area contributed by atoms with E-state index in [2.05, 4.69) is 40.0 Å². The van der Waals surface area contributed by atoms with E-state index in [1.165, 1.54) is 102 Å². The Balaban J connectivity index is 0.000000222. The van der Waals surface area contributed by atoms with E-state index in [9.17, 15) is 65.9 Å². The number of nitrogens with one attached hydrogen (secondary N) is 3. The smallest absolute Gasteiger partial charge is 0.416 e. The average molecular weight is 1680 g/mol. The molecular weight excluding hydrogens is 1600 g/mol. The fourth-order valence-corrected chi connectivity index (χ4v) is 17.2. The molecule has 3 aliphatic rings. The lowest BCUT2D eigenvalue weighted by Gasteiger charge is -2.41. The molecule has 2 aromatic heterocycles. The van der Waals surface area contributed by atoms with Gasteiger partial charge in [-0.1, -0.05) is 83.9 Å². The van der Waals surface area contributed by atoms with Crippen LogP contribution in [0.1, 0.15) is 102 Å². The first-order valence-corrected chi connectivity index (χ1v) is 38.5. The van der Waals surface area contributed by atoms with Crippen molar-refractivity contribution < 1.29 is 104 Å². The molecule has 0 unspecified atom stereocenters. The second-order valence-corrected chi connectivity index (χ2v) is 31.1. The molecule has 0 radical (unpaired) electrons. The third-order valence-corrected chi connectivity index (χ3v) is 23.3. The van der Waals surface area contributed by atoms with Crippen molar-refractivity contribution in [3.05, 3.63) is 219 Å². The maximum atomic E-state index is 15.9. The molecule has 8 atom stereocenters. The van der Waals surface area contributed by atoms with Gasteiger partial charge >= 0.3 is 30.5 Å². The largest absolute Gasteiger partial charge is 0.497 e. The molecule has 22 nitrogen and oxygen atoms in total. The van der Waals surface area contributed by atoms with Crippen molar-refractivity contribution in [1.29, 1.82) is 0 Å². The molecule has 8 aromatic rings. The standard InChI is InChI=1S/C34H36ClF4N5O4S.C25H26ClF4N5O2S.C17H17F3O4.CH2O2/c1-43(2)30-15-21(24-7-5-6-8-25(24)34(37,38)39)10-12-28(30)42-29-18-27(36)32(17-26(29)35)49(45,46)44(33-13-14-40-20-41-33)19-22-9-11-23(47-3)16-31(22)48-4;1-35(2)22-11-15(16-5-3-4-6-17(16)25(28,29)30)7-8-20(22)33-21-13-19(27)23(12-18(21)26)38(36,37)34-24-9-10-31-14-32-24;1-23-15(21)12-8-7-10(9-13(12)16(22)24-2)11-5-3-4-6-14(11)17(18,19)20;2-1-3/h5-9,11,13-14,16-18,20-21,28,30,42H,10,12,15,19H2,1-4H3;3-6,9-10,12-15,20,22,33H,7-8,11H2,1-2H3,(H,31,32,34);3-7,12-13H,8-9H2,1-2H3;1H,(H,2,3)/t21-,28-,30-;15-,20-,22-;12-,13-;/m000./s1. The summed E-state index contributed by atoms with van der Waals surface area (Å²) in [6.45, 7) is -0.519. The third kappa shape index (κ3) is 22.3. The number of esters is 2. The van der Waals surface area contributed by atoms with Gasteiger partial charge in [-0.3, -0.25) is 19.1 Å². The Morgan fingerprint density at radius 1 is 0.596 bits per heavy atom. The van der Waals surface area contributed by atoms with Crippen molar-refractivity contribution in [2.75, 3.05) is 76.3 Å². The van der Waals surface area contributed by atoms with Gasteiger partial charge in [0, 0.05) is 54.3 Å². The van der Waals surface area contributed by atoms with Gasteiger partial charge in [-0.25, -0.2) is 49.9 Å². The number of hydrogen-bond acceptors (Lipinski definition) is 19. The van der Waals surface area contributed by atoms with Crippen LogP contribution in [0.5, 0.6) is 11.5 Å². The first-order valence-electron chi connectivity index (χ1n) is 34.9. The number of methoxy groups -OCH3 is 4. The van der Waals surface area contributed by atoms with Crippen LogP contribution in [0.4, 0.5) is 71.3 Å². The van der Waals surface area contributed by atoms with E-state index >= 15 is 8.78 Å². The number of ether oxygens (including phenoxy) is 4. The molecule has 0 bridgehead atoms. The van der Waals surface area contributed by atoms with Gasteiger partial charge in [-0.15, -0.1) is 0 Å². The van der Waals surface area contributed by atoms with Gasteiger partial charge in [-0.2, -0.15) is 39.5 Å². The second-order valence-electron chi connectivity index (χ2n) is 26.8. The van der Waals surface area contributed by atoms with Crippen molar-refractivity contribution in [2.45, 2.75) is 122 Å². The normalized spacial score (nSPS) is 19.2. The number of sulfonamides is 2. The van der Waals surface area contributed by atoms with Gasteiger partial charge < -0.3 is 44.5 Å². The molecule has 0 aliphatic heterocycles. The zero-order chi connectivity index (χ0) is 83.8. The Hall–Kier alpha value is -9.94. The highest BCUT2D eigenvalue weighted by atomic mass is 35.5. The zero-order valence-corrected chi connectivity index (χ0v) is 65.5. The van der Waals surface area contributed by atoms with E-state index in [4.69, 9.17) is 47.3 Å². The first-order chi connectivity index (χ1) is 53.8. The van der Waals surface area contributed by atoms with Crippen LogP contribution in [0.25, 0.3) is 5.57 Å². The Kier molecular flexibility index (Phi) is 30.6. The zero-order valence-electron chi connectivity index (χ0n) is 62.4. The summed E-state index contributed by atoms with van der Waals surface area (Å²) in [4.78, 5) is 50.1. The molecule has 114 heavy (non-hydrogen) atoms. The van der Waals surface area contributed by atoms with Crippen LogP contribution in [0.2, 0.25) is 10.0 Å². The van der Waals surface area contributed by atoms with E-state index in [1.54, 1.807) is 36.4 Å². The lowest BCUT2D eigenvalue weighted by molar-refractivity contribution is -0.157. The van der Waals surface area contributed by atoms with E-state index < -0.39 is 100 Å². The van der Waals surface area contributed by atoms with Crippen LogP contribution < -0.4 is 29.1 Å². The van der Waals surface area contributed by atoms with Gasteiger partial charge in [0.1, 0.15) is 57.2 Å². The number of likely N-dealkylation sites (N-methyl/N-ethyl adjacent to an activating group) is 2. The maximum Gasteiger partial charge on any atom is 0.416 e. The predicted octanol–water partition coefficient (Wildman–Crippen LogP) is 16.3.